The number of Topliss-reactive ketones (excluding diaryl/α,β-unsaturated/α-hetero) is 1. The van der Waals surface area contributed by atoms with Gasteiger partial charge >= 0.3 is 0 Å². The lowest BCUT2D eigenvalue weighted by Gasteiger charge is -2.26. The van der Waals surface area contributed by atoms with Crippen molar-refractivity contribution in [2.24, 2.45) is 11.1 Å². The van der Waals surface area contributed by atoms with Gasteiger partial charge in [0.1, 0.15) is 5.75 Å². The molecular formula is C26H29FN2O4S. The maximum atomic E-state index is 14.1. The molecule has 0 spiro atoms. The summed E-state index contributed by atoms with van der Waals surface area (Å²) in [5.41, 5.74) is 4.07. The Hall–Kier alpha value is -2.84. The number of methoxy groups -OCH3 is 1. The Morgan fingerprint density at radius 1 is 1.12 bits per heavy atom. The molecule has 0 aromatic heterocycles. The third-order valence-corrected chi connectivity index (χ3v) is 7.19. The van der Waals surface area contributed by atoms with Crippen LogP contribution in [0.3, 0.4) is 0 Å². The molecule has 1 fully saturated rings. The first kappa shape index (κ1) is 24.3. The van der Waals surface area contributed by atoms with Crippen LogP contribution < -0.4 is 9.88 Å². The molecule has 1 heterocycles. The first-order valence-electron chi connectivity index (χ1n) is 11.5. The highest BCUT2D eigenvalue weighted by molar-refractivity contribution is 7.89. The maximum absolute atomic E-state index is 14.1. The van der Waals surface area contributed by atoms with Gasteiger partial charge in [-0.05, 0) is 37.0 Å². The second-order valence-electron chi connectivity index (χ2n) is 8.94. The van der Waals surface area contributed by atoms with Crippen molar-refractivity contribution in [3.8, 4) is 17.0 Å². The summed E-state index contributed by atoms with van der Waals surface area (Å²) in [5.74, 6) is -2.53. The quantitative estimate of drug-likeness (QED) is 0.390. The number of fused-ring (bicyclic) bond motifs is 3. The average Bonchev–Trinajstić information content (AvgIpc) is 3.52. The summed E-state index contributed by atoms with van der Waals surface area (Å²) in [6.45, 7) is 0. The number of sulfonamides is 1. The van der Waals surface area contributed by atoms with Crippen LogP contribution in [0.15, 0.2) is 48.5 Å². The molecule has 180 valence electrons. The number of pyridine rings is 1. The van der Waals surface area contributed by atoms with Gasteiger partial charge in [0.15, 0.2) is 17.3 Å². The average molecular weight is 485 g/mol. The highest BCUT2D eigenvalue weighted by Gasteiger charge is 2.34. The standard InChI is InChI=1S/C17H24FNO4S.C9H5N/c1-23-17-13(9-6-10-14(17)18)16(15(20)11-24(19,21)22)12-7-4-2-3-5-8-12;1-2-4-8-6(3-1)7-5-9(7)10-8/h6,9-10,12,16H,2-5,7-8,11H2,1H3,(H2,19,21,22);1-5H. The Bertz CT molecular complexity index is 1300. The highest BCUT2D eigenvalue weighted by atomic mass is 32.2. The molecule has 0 bridgehead atoms. The van der Waals surface area contributed by atoms with Crippen molar-refractivity contribution in [2.75, 3.05) is 12.9 Å². The molecule has 0 radical (unpaired) electrons. The molecule has 2 aliphatic carbocycles. The molecule has 0 saturated heterocycles. The Labute approximate surface area is 199 Å². The number of hydrogen-bond donors (Lipinski definition) is 1. The predicted molar refractivity (Wildman–Crippen MR) is 131 cm³/mol. The van der Waals surface area contributed by atoms with E-state index in [2.05, 4.69) is 29.2 Å². The van der Waals surface area contributed by atoms with Gasteiger partial charge in [0.2, 0.25) is 10.0 Å². The van der Waals surface area contributed by atoms with Crippen molar-refractivity contribution in [3.05, 3.63) is 59.9 Å². The zero-order valence-corrected chi connectivity index (χ0v) is 20.0. The predicted octanol–water partition coefficient (Wildman–Crippen LogP) is 4.96. The van der Waals surface area contributed by atoms with Gasteiger partial charge in [-0.2, -0.15) is 0 Å². The Balaban J connectivity index is 0.000000222. The zero-order valence-electron chi connectivity index (χ0n) is 19.2. The van der Waals surface area contributed by atoms with E-state index in [9.17, 15) is 17.6 Å². The number of halogens is 1. The van der Waals surface area contributed by atoms with Crippen LogP contribution in [0.5, 0.6) is 5.75 Å². The zero-order chi connectivity index (χ0) is 24.3. The van der Waals surface area contributed by atoms with Crippen LogP contribution in [0.25, 0.3) is 22.2 Å². The first-order valence-corrected chi connectivity index (χ1v) is 13.3. The lowest BCUT2D eigenvalue weighted by Crippen LogP contribution is -2.31. The van der Waals surface area contributed by atoms with Crippen molar-refractivity contribution in [2.45, 2.75) is 44.4 Å². The van der Waals surface area contributed by atoms with Gasteiger partial charge in [-0.1, -0.05) is 56.0 Å². The van der Waals surface area contributed by atoms with Crippen molar-refractivity contribution < 1.29 is 22.3 Å². The lowest BCUT2D eigenvalue weighted by atomic mass is 9.78. The van der Waals surface area contributed by atoms with Crippen LogP contribution in [-0.4, -0.2) is 32.0 Å². The largest absolute Gasteiger partial charge is 0.493 e. The number of ether oxygens (including phenoxy) is 1. The molecule has 1 unspecified atom stereocenters. The number of nitrogens with zero attached hydrogens (tertiary/aromatic N) is 1. The van der Waals surface area contributed by atoms with E-state index in [4.69, 9.17) is 9.88 Å². The van der Waals surface area contributed by atoms with Crippen molar-refractivity contribution >= 4 is 26.7 Å². The van der Waals surface area contributed by atoms with Crippen LogP contribution in [0.2, 0.25) is 0 Å². The van der Waals surface area contributed by atoms with E-state index in [1.165, 1.54) is 35.9 Å². The van der Waals surface area contributed by atoms with Crippen molar-refractivity contribution in [1.82, 2.24) is 4.98 Å². The molecule has 1 saturated carbocycles. The summed E-state index contributed by atoms with van der Waals surface area (Å²) >= 11 is 0. The summed E-state index contributed by atoms with van der Waals surface area (Å²) in [6, 6.07) is 14.8. The molecule has 2 N–H and O–H groups in total. The van der Waals surface area contributed by atoms with Crippen molar-refractivity contribution in [3.63, 3.8) is 0 Å². The van der Waals surface area contributed by atoms with Crippen LogP contribution in [0, 0.1) is 11.7 Å². The number of rotatable bonds is 6. The molecule has 2 aromatic rings. The third-order valence-electron chi connectivity index (χ3n) is 6.51. The molecule has 8 heteroatoms. The molecule has 6 nitrogen and oxygen atoms in total. The number of ketones is 1. The van der Waals surface area contributed by atoms with E-state index in [-0.39, 0.29) is 11.7 Å². The van der Waals surface area contributed by atoms with Crippen LogP contribution >= 0.6 is 0 Å². The first-order chi connectivity index (χ1) is 16.3. The van der Waals surface area contributed by atoms with Gasteiger partial charge in [-0.25, -0.2) is 22.9 Å². The maximum Gasteiger partial charge on any atom is 0.216 e. The van der Waals surface area contributed by atoms with Gasteiger partial charge in [0.25, 0.3) is 0 Å². The molecule has 1 aliphatic heterocycles. The molecule has 34 heavy (non-hydrogen) atoms. The van der Waals surface area contributed by atoms with Crippen LogP contribution in [0.4, 0.5) is 4.39 Å². The van der Waals surface area contributed by atoms with Gasteiger partial charge in [0.05, 0.1) is 24.2 Å². The van der Waals surface area contributed by atoms with E-state index in [1.54, 1.807) is 6.07 Å². The van der Waals surface area contributed by atoms with E-state index >= 15 is 0 Å². The van der Waals surface area contributed by atoms with Gasteiger partial charge in [-0.15, -0.1) is 0 Å². The number of hydrogen-bond acceptors (Lipinski definition) is 5. The topological polar surface area (TPSA) is 99.4 Å². The fraction of sp³-hybridized carbons (Fsp3) is 0.385. The minimum Gasteiger partial charge on any atom is -0.493 e. The lowest BCUT2D eigenvalue weighted by molar-refractivity contribution is -0.119. The number of aromatic nitrogens is 1. The number of carbonyl (C=O) groups is 1. The molecule has 1 atom stereocenters. The fourth-order valence-electron chi connectivity index (χ4n) is 4.95. The van der Waals surface area contributed by atoms with Crippen molar-refractivity contribution in [1.29, 1.82) is 0 Å². The summed E-state index contributed by atoms with van der Waals surface area (Å²) < 4.78 is 42.0. The summed E-state index contributed by atoms with van der Waals surface area (Å²) in [6.07, 6.45) is 5.74. The van der Waals surface area contributed by atoms with E-state index in [0.717, 1.165) is 44.0 Å². The molecular weight excluding hydrogens is 455 g/mol. The van der Waals surface area contributed by atoms with Gasteiger partial charge in [-0.3, -0.25) is 4.79 Å². The number of benzene rings is 2. The Morgan fingerprint density at radius 3 is 2.47 bits per heavy atom. The molecule has 2 aromatic carbocycles. The summed E-state index contributed by atoms with van der Waals surface area (Å²) in [4.78, 5) is 17.1. The minimum absolute atomic E-state index is 0.00881. The van der Waals surface area contributed by atoms with E-state index in [1.807, 2.05) is 6.07 Å². The molecule has 3 aliphatic rings. The Morgan fingerprint density at radius 2 is 1.82 bits per heavy atom. The molecule has 0 amide bonds. The third kappa shape index (κ3) is 5.62. The summed E-state index contributed by atoms with van der Waals surface area (Å²) in [7, 11) is -2.59. The number of primary sulfonamides is 1. The Kier molecular flexibility index (Phi) is 7.28. The molecule has 5 rings (SSSR count). The minimum atomic E-state index is -3.94. The second-order valence-corrected chi connectivity index (χ2v) is 10.6. The van der Waals surface area contributed by atoms with Gasteiger partial charge < -0.3 is 4.74 Å². The normalized spacial score (nSPS) is 16.2. The second kappa shape index (κ2) is 10.2. The fourth-order valence-corrected chi connectivity index (χ4v) is 5.52. The smallest absolute Gasteiger partial charge is 0.216 e. The highest BCUT2D eigenvalue weighted by Crippen LogP contribution is 2.41. The van der Waals surface area contributed by atoms with Crippen LogP contribution in [-0.2, 0) is 14.8 Å². The number of carbonyl (C=O) groups excluding carboxylic acids is 1. The number of nitrogens with two attached hydrogens (primary N) is 1. The summed E-state index contributed by atoms with van der Waals surface area (Å²) in [5, 5.41) is 6.36. The monoisotopic (exact) mass is 484 g/mol. The number of para-hydroxylation sites is 2. The van der Waals surface area contributed by atoms with Gasteiger partial charge in [0, 0.05) is 16.5 Å². The van der Waals surface area contributed by atoms with E-state index < -0.39 is 33.3 Å². The van der Waals surface area contributed by atoms with E-state index in [0.29, 0.717) is 5.56 Å². The SMILES string of the molecule is COc1c(F)cccc1C(C(=O)CS(N)(=O)=O)C1CCCCCC1.c1ccc2c3cc-3nc2c1. The van der Waals surface area contributed by atoms with Crippen LogP contribution in [0.1, 0.15) is 50.0 Å².